The van der Waals surface area contributed by atoms with Crippen molar-refractivity contribution in [2.45, 2.75) is 57.2 Å². The molecule has 2 aromatic carbocycles. The largest absolute Gasteiger partial charge is 0.486 e. The summed E-state index contributed by atoms with van der Waals surface area (Å²) in [4.78, 5) is 17.1. The Labute approximate surface area is 185 Å². The highest BCUT2D eigenvalue weighted by Crippen LogP contribution is 2.32. The molecule has 0 aliphatic carbocycles. The predicted molar refractivity (Wildman–Crippen MR) is 124 cm³/mol. The number of rotatable bonds is 8. The Morgan fingerprint density at radius 3 is 2.68 bits per heavy atom. The molecule has 2 atom stereocenters. The van der Waals surface area contributed by atoms with Crippen LogP contribution in [0.25, 0.3) is 0 Å². The van der Waals surface area contributed by atoms with Crippen LogP contribution in [-0.4, -0.2) is 53.8 Å². The molecule has 2 aliphatic rings. The minimum atomic E-state index is -0.856. The predicted octanol–water partition coefficient (Wildman–Crippen LogP) is 4.04. The van der Waals surface area contributed by atoms with E-state index in [-0.39, 0.29) is 12.0 Å². The molecular weight excluding hydrogens is 388 g/mol. The molecule has 0 saturated carbocycles. The molecular formula is C26H34N2O3. The van der Waals surface area contributed by atoms with Crippen molar-refractivity contribution in [2.75, 3.05) is 31.1 Å². The lowest BCUT2D eigenvalue weighted by atomic mass is 9.83. The highest BCUT2D eigenvalue weighted by molar-refractivity contribution is 5.96. The van der Waals surface area contributed by atoms with Crippen molar-refractivity contribution in [3.63, 3.8) is 0 Å². The van der Waals surface area contributed by atoms with E-state index >= 15 is 0 Å². The number of benzene rings is 2. The quantitative estimate of drug-likeness (QED) is 0.653. The number of amides is 1. The first-order valence-corrected chi connectivity index (χ1v) is 11.6. The summed E-state index contributed by atoms with van der Waals surface area (Å²) >= 11 is 0. The molecule has 0 aromatic heterocycles. The summed E-state index contributed by atoms with van der Waals surface area (Å²) in [5.74, 6) is 0.892. The minimum Gasteiger partial charge on any atom is -0.486 e. The van der Waals surface area contributed by atoms with Crippen LogP contribution >= 0.6 is 0 Å². The Hall–Kier alpha value is -2.37. The third-order valence-electron chi connectivity index (χ3n) is 6.67. The number of unbranched alkanes of at least 4 members (excludes halogenated alkanes) is 2. The molecule has 4 rings (SSSR count). The maximum atomic E-state index is 13.1. The Kier molecular flexibility index (Phi) is 6.93. The van der Waals surface area contributed by atoms with Crippen molar-refractivity contribution in [3.05, 3.63) is 60.2 Å². The average molecular weight is 423 g/mol. The van der Waals surface area contributed by atoms with Gasteiger partial charge in [0.05, 0.1) is 6.54 Å². The molecule has 0 bridgehead atoms. The Bertz CT molecular complexity index is 872. The summed E-state index contributed by atoms with van der Waals surface area (Å²) in [5, 5.41) is 11.5. The van der Waals surface area contributed by atoms with Crippen molar-refractivity contribution in [2.24, 2.45) is 0 Å². The number of nitrogens with zero attached hydrogens (tertiary/aromatic N) is 2. The topological polar surface area (TPSA) is 53.0 Å². The fourth-order valence-electron chi connectivity index (χ4n) is 4.80. The number of carbonyl (C=O) groups is 1. The number of fused-ring (bicyclic) bond motifs is 1. The second-order valence-electron chi connectivity index (χ2n) is 8.89. The Balaban J connectivity index is 1.43. The maximum absolute atomic E-state index is 13.1. The number of hydrogen-bond donors (Lipinski definition) is 1. The van der Waals surface area contributed by atoms with E-state index in [2.05, 4.69) is 17.9 Å². The lowest BCUT2D eigenvalue weighted by Crippen LogP contribution is -2.59. The fourth-order valence-corrected chi connectivity index (χ4v) is 4.80. The summed E-state index contributed by atoms with van der Waals surface area (Å²) in [6.45, 7) is 4.54. The third-order valence-corrected chi connectivity index (χ3v) is 6.67. The van der Waals surface area contributed by atoms with Gasteiger partial charge in [0.1, 0.15) is 17.5 Å². The second-order valence-corrected chi connectivity index (χ2v) is 8.89. The maximum Gasteiger partial charge on any atom is 0.241 e. The van der Waals surface area contributed by atoms with Crippen molar-refractivity contribution in [1.29, 1.82) is 0 Å². The molecule has 0 unspecified atom stereocenters. The zero-order valence-corrected chi connectivity index (χ0v) is 18.5. The van der Waals surface area contributed by atoms with Gasteiger partial charge in [0.15, 0.2) is 0 Å². The van der Waals surface area contributed by atoms with E-state index in [1.54, 1.807) is 0 Å². The number of carbonyl (C=O) groups excluding carboxylic acids is 1. The number of aliphatic hydroxyl groups is 1. The molecule has 5 nitrogen and oxygen atoms in total. The normalized spacial score (nSPS) is 23.5. The molecule has 2 aliphatic heterocycles. The lowest BCUT2D eigenvalue weighted by Gasteiger charge is -2.44. The number of para-hydroxylation sites is 2. The van der Waals surface area contributed by atoms with E-state index in [9.17, 15) is 9.90 Å². The molecule has 1 saturated heterocycles. The molecule has 1 amide bonds. The zero-order valence-electron chi connectivity index (χ0n) is 18.5. The molecule has 166 valence electrons. The van der Waals surface area contributed by atoms with Crippen LogP contribution in [0, 0.1) is 0 Å². The van der Waals surface area contributed by atoms with Gasteiger partial charge in [-0.3, -0.25) is 9.69 Å². The summed E-state index contributed by atoms with van der Waals surface area (Å²) in [7, 11) is 0. The summed E-state index contributed by atoms with van der Waals surface area (Å²) in [6, 6.07) is 17.9. The van der Waals surface area contributed by atoms with Crippen LogP contribution in [0.5, 0.6) is 5.75 Å². The van der Waals surface area contributed by atoms with Gasteiger partial charge in [-0.15, -0.1) is 0 Å². The molecule has 2 heterocycles. The van der Waals surface area contributed by atoms with Gasteiger partial charge in [-0.2, -0.15) is 0 Å². The van der Waals surface area contributed by atoms with Gasteiger partial charge in [-0.25, -0.2) is 0 Å². The Morgan fingerprint density at radius 2 is 1.87 bits per heavy atom. The van der Waals surface area contributed by atoms with E-state index < -0.39 is 5.60 Å². The van der Waals surface area contributed by atoms with E-state index in [0.29, 0.717) is 26.1 Å². The smallest absolute Gasteiger partial charge is 0.241 e. The lowest BCUT2D eigenvalue weighted by molar-refractivity contribution is -0.128. The molecule has 5 heteroatoms. The van der Waals surface area contributed by atoms with E-state index in [1.165, 1.54) is 5.56 Å². The van der Waals surface area contributed by atoms with Crippen molar-refractivity contribution < 1.29 is 14.6 Å². The average Bonchev–Trinajstić information content (AvgIpc) is 3.22. The molecule has 1 N–H and O–H groups in total. The summed E-state index contributed by atoms with van der Waals surface area (Å²) in [5.41, 5.74) is 1.42. The van der Waals surface area contributed by atoms with Crippen LogP contribution < -0.4 is 9.64 Å². The first-order valence-electron chi connectivity index (χ1n) is 11.6. The SMILES string of the molecule is CCCCC[C@]1(O)CCN(CC(=O)N2CCc3ccccc32)C[C@@H]1Oc1ccccc1. The van der Waals surface area contributed by atoms with Gasteiger partial charge in [-0.05, 0) is 43.0 Å². The molecule has 31 heavy (non-hydrogen) atoms. The summed E-state index contributed by atoms with van der Waals surface area (Å²) in [6.07, 6.45) is 5.15. The van der Waals surface area contributed by atoms with E-state index in [4.69, 9.17) is 4.74 Å². The van der Waals surface area contributed by atoms with Gasteiger partial charge < -0.3 is 14.7 Å². The third kappa shape index (κ3) is 5.10. The molecule has 0 spiro atoms. The number of ether oxygens (including phenoxy) is 1. The van der Waals surface area contributed by atoms with Crippen molar-refractivity contribution in [1.82, 2.24) is 4.90 Å². The molecule has 2 aromatic rings. The van der Waals surface area contributed by atoms with Gasteiger partial charge >= 0.3 is 0 Å². The van der Waals surface area contributed by atoms with Crippen LogP contribution in [0.2, 0.25) is 0 Å². The van der Waals surface area contributed by atoms with Crippen LogP contribution in [0.15, 0.2) is 54.6 Å². The molecule has 1 fully saturated rings. The number of likely N-dealkylation sites (tertiary alicyclic amines) is 1. The van der Waals surface area contributed by atoms with Crippen LogP contribution in [-0.2, 0) is 11.2 Å². The standard InChI is InChI=1S/C26H34N2O3/c1-2-3-9-15-26(30)16-18-27(19-24(26)31-22-11-5-4-6-12-22)20-25(29)28-17-14-21-10-7-8-13-23(21)28/h4-8,10-13,24,30H,2-3,9,14-20H2,1H3/t24-,26-/m0/s1. The number of anilines is 1. The van der Waals surface area contributed by atoms with Crippen molar-refractivity contribution in [3.8, 4) is 5.75 Å². The van der Waals surface area contributed by atoms with E-state index in [0.717, 1.165) is 50.1 Å². The van der Waals surface area contributed by atoms with Crippen LogP contribution in [0.1, 0.15) is 44.6 Å². The first kappa shape index (κ1) is 21.8. The van der Waals surface area contributed by atoms with Crippen LogP contribution in [0.4, 0.5) is 5.69 Å². The van der Waals surface area contributed by atoms with Crippen molar-refractivity contribution >= 4 is 11.6 Å². The zero-order chi connectivity index (χ0) is 21.7. The van der Waals surface area contributed by atoms with Gasteiger partial charge in [-0.1, -0.05) is 62.6 Å². The number of hydrogen-bond acceptors (Lipinski definition) is 4. The minimum absolute atomic E-state index is 0.125. The first-order chi connectivity index (χ1) is 15.1. The fraction of sp³-hybridized carbons (Fsp3) is 0.500. The summed E-state index contributed by atoms with van der Waals surface area (Å²) < 4.78 is 6.28. The van der Waals surface area contributed by atoms with E-state index in [1.807, 2.05) is 53.4 Å². The monoisotopic (exact) mass is 422 g/mol. The second kappa shape index (κ2) is 9.84. The highest BCUT2D eigenvalue weighted by atomic mass is 16.5. The van der Waals surface area contributed by atoms with Gasteiger partial charge in [0, 0.05) is 25.3 Å². The Morgan fingerprint density at radius 1 is 1.10 bits per heavy atom. The van der Waals surface area contributed by atoms with Crippen LogP contribution in [0.3, 0.4) is 0 Å². The number of piperidine rings is 1. The van der Waals surface area contributed by atoms with Gasteiger partial charge in [0.2, 0.25) is 5.91 Å². The molecule has 0 radical (unpaired) electrons. The van der Waals surface area contributed by atoms with Gasteiger partial charge in [0.25, 0.3) is 0 Å². The highest BCUT2D eigenvalue weighted by Gasteiger charge is 2.43.